The predicted molar refractivity (Wildman–Crippen MR) is 81.8 cm³/mol. The fourth-order valence-corrected chi connectivity index (χ4v) is 4.49. The summed E-state index contributed by atoms with van der Waals surface area (Å²) in [6.45, 7) is 5.11. The van der Waals surface area contributed by atoms with Crippen molar-refractivity contribution in [2.75, 3.05) is 26.2 Å². The van der Waals surface area contributed by atoms with Crippen LogP contribution in [0.5, 0.6) is 0 Å². The lowest BCUT2D eigenvalue weighted by atomic mass is 9.97. The van der Waals surface area contributed by atoms with E-state index in [2.05, 4.69) is 45.4 Å². The minimum atomic E-state index is 0.155. The van der Waals surface area contributed by atoms with Crippen LogP contribution in [0.1, 0.15) is 18.4 Å². The molecule has 1 aromatic rings. The third kappa shape index (κ3) is 2.42. The Balaban J connectivity index is 1.42. The maximum Gasteiger partial charge on any atom is 0.317 e. The van der Waals surface area contributed by atoms with Crippen molar-refractivity contribution in [2.24, 2.45) is 11.8 Å². The molecular formula is C17H23N3O. The number of amides is 2. The lowest BCUT2D eigenvalue weighted by molar-refractivity contribution is 0.175. The summed E-state index contributed by atoms with van der Waals surface area (Å²) in [4.78, 5) is 16.6. The van der Waals surface area contributed by atoms with Crippen molar-refractivity contribution in [2.45, 2.75) is 25.4 Å². The molecule has 0 aromatic heterocycles. The summed E-state index contributed by atoms with van der Waals surface area (Å²) in [5.41, 5.74) is 1.40. The molecule has 3 fully saturated rings. The second-order valence-electron chi connectivity index (χ2n) is 6.67. The number of nitrogens with one attached hydrogen (secondary N) is 1. The van der Waals surface area contributed by atoms with Crippen LogP contribution in [0, 0.1) is 11.8 Å². The average molecular weight is 285 g/mol. The third-order valence-electron chi connectivity index (χ3n) is 5.43. The van der Waals surface area contributed by atoms with Crippen LogP contribution in [-0.2, 0) is 6.54 Å². The van der Waals surface area contributed by atoms with Crippen LogP contribution in [0.25, 0.3) is 0 Å². The SMILES string of the molecule is O=C1NCCN1C1CCC2CN(Cc3ccccc3)CC21. The Morgan fingerprint density at radius 2 is 2.00 bits per heavy atom. The van der Waals surface area contributed by atoms with E-state index in [0.29, 0.717) is 12.0 Å². The van der Waals surface area contributed by atoms with Crippen molar-refractivity contribution >= 4 is 6.03 Å². The number of hydrogen-bond donors (Lipinski definition) is 1. The lowest BCUT2D eigenvalue weighted by Crippen LogP contribution is -2.42. The number of fused-ring (bicyclic) bond motifs is 1. The summed E-state index contributed by atoms with van der Waals surface area (Å²) in [5, 5.41) is 2.95. The Hall–Kier alpha value is -1.55. The molecule has 1 aliphatic carbocycles. The minimum absolute atomic E-state index is 0.155. The number of carbonyl (C=O) groups is 1. The molecule has 0 spiro atoms. The highest BCUT2D eigenvalue weighted by molar-refractivity contribution is 5.76. The standard InChI is InChI=1S/C17H23N3O/c21-17-18-8-9-20(17)16-7-6-14-11-19(12-15(14)16)10-13-4-2-1-3-5-13/h1-5,14-16H,6-12H2,(H,18,21). The first-order chi connectivity index (χ1) is 10.3. The maximum absolute atomic E-state index is 11.9. The zero-order valence-electron chi connectivity index (χ0n) is 12.4. The second-order valence-corrected chi connectivity index (χ2v) is 6.67. The molecule has 112 valence electrons. The summed E-state index contributed by atoms with van der Waals surface area (Å²) < 4.78 is 0. The van der Waals surface area contributed by atoms with Crippen LogP contribution in [0.4, 0.5) is 4.79 Å². The summed E-state index contributed by atoms with van der Waals surface area (Å²) in [7, 11) is 0. The highest BCUT2D eigenvalue weighted by atomic mass is 16.2. The number of likely N-dealkylation sites (tertiary alicyclic amines) is 1. The summed E-state index contributed by atoms with van der Waals surface area (Å²) in [6.07, 6.45) is 2.48. The van der Waals surface area contributed by atoms with E-state index in [1.807, 2.05) is 0 Å². The Bertz CT molecular complexity index is 518. The van der Waals surface area contributed by atoms with Gasteiger partial charge in [-0.1, -0.05) is 30.3 Å². The van der Waals surface area contributed by atoms with Crippen molar-refractivity contribution in [3.8, 4) is 0 Å². The third-order valence-corrected chi connectivity index (χ3v) is 5.43. The van der Waals surface area contributed by atoms with Gasteiger partial charge in [-0.05, 0) is 30.2 Å². The molecule has 1 aromatic carbocycles. The van der Waals surface area contributed by atoms with Crippen LogP contribution < -0.4 is 5.32 Å². The quantitative estimate of drug-likeness (QED) is 0.921. The van der Waals surface area contributed by atoms with Crippen LogP contribution in [0.2, 0.25) is 0 Å². The van der Waals surface area contributed by atoms with Crippen molar-refractivity contribution in [3.05, 3.63) is 35.9 Å². The second kappa shape index (κ2) is 5.34. The van der Waals surface area contributed by atoms with Crippen LogP contribution in [0.15, 0.2) is 30.3 Å². The molecule has 0 bridgehead atoms. The molecule has 3 aliphatic rings. The van der Waals surface area contributed by atoms with E-state index >= 15 is 0 Å². The van der Waals surface area contributed by atoms with Gasteiger partial charge in [0.05, 0.1) is 0 Å². The zero-order valence-corrected chi connectivity index (χ0v) is 12.4. The summed E-state index contributed by atoms with van der Waals surface area (Å²) >= 11 is 0. The van der Waals surface area contributed by atoms with Crippen molar-refractivity contribution in [1.29, 1.82) is 0 Å². The number of nitrogens with zero attached hydrogens (tertiary/aromatic N) is 2. The minimum Gasteiger partial charge on any atom is -0.336 e. The Morgan fingerprint density at radius 3 is 2.76 bits per heavy atom. The lowest BCUT2D eigenvalue weighted by Gasteiger charge is -2.28. The first kappa shape index (κ1) is 13.1. The molecule has 4 rings (SSSR count). The molecular weight excluding hydrogens is 262 g/mol. The van der Waals surface area contributed by atoms with E-state index in [4.69, 9.17) is 0 Å². The van der Waals surface area contributed by atoms with Gasteiger partial charge in [0.1, 0.15) is 0 Å². The summed E-state index contributed by atoms with van der Waals surface area (Å²) in [6, 6.07) is 11.3. The van der Waals surface area contributed by atoms with Gasteiger partial charge >= 0.3 is 6.03 Å². The first-order valence-electron chi connectivity index (χ1n) is 8.12. The van der Waals surface area contributed by atoms with Gasteiger partial charge in [0, 0.05) is 38.8 Å². The number of hydrogen-bond acceptors (Lipinski definition) is 2. The maximum atomic E-state index is 11.9. The van der Waals surface area contributed by atoms with E-state index in [1.54, 1.807) is 0 Å². The van der Waals surface area contributed by atoms with Crippen LogP contribution in [0.3, 0.4) is 0 Å². The molecule has 2 heterocycles. The summed E-state index contributed by atoms with van der Waals surface area (Å²) in [5.74, 6) is 1.46. The van der Waals surface area contributed by atoms with E-state index in [1.165, 1.54) is 24.9 Å². The smallest absolute Gasteiger partial charge is 0.317 e. The molecule has 2 amide bonds. The molecule has 3 atom stereocenters. The number of benzene rings is 1. The van der Waals surface area contributed by atoms with Crippen molar-refractivity contribution in [3.63, 3.8) is 0 Å². The molecule has 1 saturated carbocycles. The average Bonchev–Trinajstić information content (AvgIpc) is 3.16. The highest BCUT2D eigenvalue weighted by Gasteiger charge is 2.46. The van der Waals surface area contributed by atoms with Gasteiger partial charge in [-0.3, -0.25) is 4.90 Å². The number of carbonyl (C=O) groups excluding carboxylic acids is 1. The zero-order chi connectivity index (χ0) is 14.2. The molecule has 4 heteroatoms. The van der Waals surface area contributed by atoms with Gasteiger partial charge in [-0.15, -0.1) is 0 Å². The van der Waals surface area contributed by atoms with Crippen LogP contribution in [-0.4, -0.2) is 48.1 Å². The fraction of sp³-hybridized carbons (Fsp3) is 0.588. The van der Waals surface area contributed by atoms with Crippen molar-refractivity contribution in [1.82, 2.24) is 15.1 Å². The van der Waals surface area contributed by atoms with Gasteiger partial charge in [-0.25, -0.2) is 4.79 Å². The van der Waals surface area contributed by atoms with Gasteiger partial charge in [0.2, 0.25) is 0 Å². The normalized spacial score (nSPS) is 32.5. The topological polar surface area (TPSA) is 35.6 Å². The fourth-order valence-electron chi connectivity index (χ4n) is 4.49. The van der Waals surface area contributed by atoms with Gasteiger partial charge < -0.3 is 10.2 Å². The Kier molecular flexibility index (Phi) is 3.34. The molecule has 2 saturated heterocycles. The highest BCUT2D eigenvalue weighted by Crippen LogP contribution is 2.41. The Morgan fingerprint density at radius 1 is 1.14 bits per heavy atom. The first-order valence-corrected chi connectivity index (χ1v) is 8.12. The molecule has 2 aliphatic heterocycles. The number of rotatable bonds is 3. The molecule has 3 unspecified atom stereocenters. The Labute approximate surface area is 126 Å². The predicted octanol–water partition coefficient (Wildman–Crippen LogP) is 1.92. The van der Waals surface area contributed by atoms with Gasteiger partial charge in [0.15, 0.2) is 0 Å². The van der Waals surface area contributed by atoms with Crippen molar-refractivity contribution < 1.29 is 4.79 Å². The molecule has 0 radical (unpaired) electrons. The largest absolute Gasteiger partial charge is 0.336 e. The molecule has 1 N–H and O–H groups in total. The van der Waals surface area contributed by atoms with E-state index in [9.17, 15) is 4.79 Å². The van der Waals surface area contributed by atoms with Gasteiger partial charge in [-0.2, -0.15) is 0 Å². The van der Waals surface area contributed by atoms with E-state index in [-0.39, 0.29) is 6.03 Å². The van der Waals surface area contributed by atoms with E-state index < -0.39 is 0 Å². The van der Waals surface area contributed by atoms with E-state index in [0.717, 1.165) is 32.1 Å². The number of urea groups is 1. The molecule has 21 heavy (non-hydrogen) atoms. The van der Waals surface area contributed by atoms with Gasteiger partial charge in [0.25, 0.3) is 0 Å². The van der Waals surface area contributed by atoms with Crippen LogP contribution >= 0.6 is 0 Å². The molecule has 4 nitrogen and oxygen atoms in total. The monoisotopic (exact) mass is 285 g/mol.